The van der Waals surface area contributed by atoms with E-state index in [-0.39, 0.29) is 31.1 Å². The average molecular weight is 893 g/mol. The number of hydrogen-bond donors (Lipinski definition) is 0. The molecule has 0 radical (unpaired) electrons. The smallest absolute Gasteiger partial charge is 0.306 e. The number of carbonyl (C=O) groups is 3. The minimum atomic E-state index is -0.790. The van der Waals surface area contributed by atoms with E-state index in [9.17, 15) is 14.4 Å². The van der Waals surface area contributed by atoms with Gasteiger partial charge in [0.25, 0.3) is 0 Å². The fourth-order valence-corrected chi connectivity index (χ4v) is 7.37. The molecule has 1 unspecified atom stereocenters. The molecule has 368 valence electrons. The second kappa shape index (κ2) is 52.5. The molecule has 64 heavy (non-hydrogen) atoms. The third kappa shape index (κ3) is 49.9. The summed E-state index contributed by atoms with van der Waals surface area (Å²) in [5, 5.41) is 0. The van der Waals surface area contributed by atoms with Crippen molar-refractivity contribution in [3.05, 3.63) is 72.9 Å². The van der Waals surface area contributed by atoms with Crippen molar-refractivity contribution < 1.29 is 28.6 Å². The third-order valence-corrected chi connectivity index (χ3v) is 11.5. The Kier molecular flexibility index (Phi) is 49.9. The van der Waals surface area contributed by atoms with Crippen LogP contribution >= 0.6 is 0 Å². The highest BCUT2D eigenvalue weighted by molar-refractivity contribution is 5.71. The van der Waals surface area contributed by atoms with E-state index in [2.05, 4.69) is 93.7 Å². The van der Waals surface area contributed by atoms with Gasteiger partial charge in [-0.3, -0.25) is 14.4 Å². The molecular weight excluding hydrogens is 793 g/mol. The zero-order valence-corrected chi connectivity index (χ0v) is 42.0. The number of hydrogen-bond acceptors (Lipinski definition) is 6. The Morgan fingerprint density at radius 3 is 1.00 bits per heavy atom. The second-order valence-electron chi connectivity index (χ2n) is 17.9. The van der Waals surface area contributed by atoms with Crippen LogP contribution in [-0.2, 0) is 28.6 Å². The first-order chi connectivity index (χ1) is 31.5. The van der Waals surface area contributed by atoms with Crippen LogP contribution in [0.15, 0.2) is 72.9 Å². The van der Waals surface area contributed by atoms with Crippen molar-refractivity contribution in [1.82, 2.24) is 0 Å². The van der Waals surface area contributed by atoms with Gasteiger partial charge in [0.2, 0.25) is 0 Å². The number of ether oxygens (including phenoxy) is 3. The maximum Gasteiger partial charge on any atom is 0.306 e. The van der Waals surface area contributed by atoms with Gasteiger partial charge in [0, 0.05) is 19.3 Å². The van der Waals surface area contributed by atoms with Gasteiger partial charge in [-0.2, -0.15) is 0 Å². The summed E-state index contributed by atoms with van der Waals surface area (Å²) >= 11 is 0. The number of rotatable bonds is 48. The Morgan fingerprint density at radius 1 is 0.312 bits per heavy atom. The summed E-state index contributed by atoms with van der Waals surface area (Å²) in [6.45, 7) is 6.53. The van der Waals surface area contributed by atoms with Crippen LogP contribution in [0.4, 0.5) is 0 Å². The monoisotopic (exact) mass is 893 g/mol. The molecule has 0 aliphatic rings. The van der Waals surface area contributed by atoms with Crippen molar-refractivity contribution in [2.24, 2.45) is 0 Å². The van der Waals surface area contributed by atoms with Crippen LogP contribution in [0.2, 0.25) is 0 Å². The number of esters is 3. The van der Waals surface area contributed by atoms with Crippen LogP contribution in [0.3, 0.4) is 0 Å². The summed E-state index contributed by atoms with van der Waals surface area (Å²) < 4.78 is 16.8. The molecule has 6 nitrogen and oxygen atoms in total. The summed E-state index contributed by atoms with van der Waals surface area (Å²) in [5.74, 6) is -0.923. The normalized spacial score (nSPS) is 12.6. The topological polar surface area (TPSA) is 78.9 Å². The van der Waals surface area contributed by atoms with E-state index in [1.165, 1.54) is 128 Å². The second-order valence-corrected chi connectivity index (χ2v) is 17.9. The first-order valence-corrected chi connectivity index (χ1v) is 27.0. The van der Waals surface area contributed by atoms with E-state index in [1.54, 1.807) is 0 Å². The largest absolute Gasteiger partial charge is 0.462 e. The van der Waals surface area contributed by atoms with Crippen LogP contribution in [0.1, 0.15) is 258 Å². The molecule has 0 aromatic heterocycles. The Morgan fingerprint density at radius 2 is 0.594 bits per heavy atom. The number of allylic oxidation sites excluding steroid dienone is 12. The molecule has 0 aromatic rings. The molecule has 0 aliphatic carbocycles. The van der Waals surface area contributed by atoms with Gasteiger partial charge in [0.05, 0.1) is 0 Å². The molecule has 6 heteroatoms. The molecule has 1 atom stereocenters. The summed E-state index contributed by atoms with van der Waals surface area (Å²) in [6.07, 6.45) is 65.9. The van der Waals surface area contributed by atoms with Gasteiger partial charge in [-0.1, -0.05) is 222 Å². The highest BCUT2D eigenvalue weighted by Crippen LogP contribution is 2.14. The molecule has 0 N–H and O–H groups in total. The van der Waals surface area contributed by atoms with Crippen LogP contribution in [0, 0.1) is 0 Å². The fourth-order valence-electron chi connectivity index (χ4n) is 7.37. The molecule has 0 heterocycles. The molecule has 0 fully saturated rings. The van der Waals surface area contributed by atoms with Crippen molar-refractivity contribution in [2.75, 3.05) is 13.2 Å². The van der Waals surface area contributed by atoms with Crippen molar-refractivity contribution >= 4 is 17.9 Å². The van der Waals surface area contributed by atoms with E-state index in [4.69, 9.17) is 14.2 Å². The standard InChI is InChI=1S/C58H100O6/c1-4-7-10-13-16-19-22-24-26-28-30-31-33-36-39-42-45-48-51-57(60)63-54-55(53-62-56(59)50-47-44-41-38-35-21-18-15-12-9-6-3)64-58(61)52-49-46-43-40-37-34-32-29-27-25-23-20-17-14-11-8-5-2/h15-16,18-19,22,24-28,30-31,55H,4-14,17,20-21,23,29,32-54H2,1-3H3/b18-15-,19-16-,24-22-,27-25-,28-26-,31-30-. The molecule has 0 aromatic carbocycles. The van der Waals surface area contributed by atoms with Crippen LogP contribution in [-0.4, -0.2) is 37.2 Å². The van der Waals surface area contributed by atoms with Gasteiger partial charge in [-0.25, -0.2) is 0 Å². The lowest BCUT2D eigenvalue weighted by atomic mass is 10.1. The van der Waals surface area contributed by atoms with Gasteiger partial charge < -0.3 is 14.2 Å². The first kappa shape index (κ1) is 60.9. The van der Waals surface area contributed by atoms with E-state index in [0.29, 0.717) is 19.3 Å². The van der Waals surface area contributed by atoms with Gasteiger partial charge in [0.15, 0.2) is 6.10 Å². The van der Waals surface area contributed by atoms with Crippen molar-refractivity contribution in [3.63, 3.8) is 0 Å². The molecule has 0 bridgehead atoms. The summed E-state index contributed by atoms with van der Waals surface area (Å²) in [4.78, 5) is 38.0. The van der Waals surface area contributed by atoms with E-state index in [0.717, 1.165) is 89.9 Å². The van der Waals surface area contributed by atoms with Crippen molar-refractivity contribution in [1.29, 1.82) is 0 Å². The lowest BCUT2D eigenvalue weighted by molar-refractivity contribution is -0.167. The van der Waals surface area contributed by atoms with Crippen molar-refractivity contribution in [2.45, 2.75) is 264 Å². The van der Waals surface area contributed by atoms with E-state index in [1.807, 2.05) is 0 Å². The zero-order chi connectivity index (χ0) is 46.5. The minimum absolute atomic E-state index is 0.0894. The predicted octanol–water partition coefficient (Wildman–Crippen LogP) is 17.8. The van der Waals surface area contributed by atoms with Crippen LogP contribution in [0.5, 0.6) is 0 Å². The Labute approximate surface area is 395 Å². The van der Waals surface area contributed by atoms with E-state index >= 15 is 0 Å². The van der Waals surface area contributed by atoms with Crippen molar-refractivity contribution in [3.8, 4) is 0 Å². The third-order valence-electron chi connectivity index (χ3n) is 11.5. The maximum absolute atomic E-state index is 12.8. The van der Waals surface area contributed by atoms with Gasteiger partial charge in [0.1, 0.15) is 13.2 Å². The fraction of sp³-hybridized carbons (Fsp3) is 0.741. The maximum atomic E-state index is 12.8. The lowest BCUT2D eigenvalue weighted by Crippen LogP contribution is -2.30. The Balaban J connectivity index is 4.42. The highest BCUT2D eigenvalue weighted by atomic mass is 16.6. The first-order valence-electron chi connectivity index (χ1n) is 27.0. The van der Waals surface area contributed by atoms with Crippen LogP contribution < -0.4 is 0 Å². The van der Waals surface area contributed by atoms with Gasteiger partial charge >= 0.3 is 17.9 Å². The lowest BCUT2D eigenvalue weighted by Gasteiger charge is -2.18. The number of carbonyl (C=O) groups excluding carboxylic acids is 3. The average Bonchev–Trinajstić information content (AvgIpc) is 3.29. The molecule has 0 rings (SSSR count). The minimum Gasteiger partial charge on any atom is -0.462 e. The van der Waals surface area contributed by atoms with Gasteiger partial charge in [-0.15, -0.1) is 0 Å². The van der Waals surface area contributed by atoms with Gasteiger partial charge in [-0.05, 0) is 89.9 Å². The quantitative estimate of drug-likeness (QED) is 0.0199. The summed E-state index contributed by atoms with van der Waals surface area (Å²) in [6, 6.07) is 0. The summed E-state index contributed by atoms with van der Waals surface area (Å²) in [7, 11) is 0. The highest BCUT2D eigenvalue weighted by Gasteiger charge is 2.19. The zero-order valence-electron chi connectivity index (χ0n) is 42.0. The number of unbranched alkanes of at least 4 members (excludes halogenated alkanes) is 28. The summed E-state index contributed by atoms with van der Waals surface area (Å²) in [5.41, 5.74) is 0. The Bertz CT molecular complexity index is 1210. The van der Waals surface area contributed by atoms with Crippen LogP contribution in [0.25, 0.3) is 0 Å². The Hall–Kier alpha value is -3.15. The SMILES string of the molecule is CCCC/C=C\CCCCCCCC(=O)OCC(COC(=O)CCCCCCC\C=C/C=C\C=C/C=C\CCCCC)OC(=O)CCCCCCCCC/C=C\CCCCCCCC. The molecule has 0 spiro atoms. The molecule has 0 amide bonds. The van der Waals surface area contributed by atoms with E-state index < -0.39 is 6.10 Å². The molecule has 0 saturated heterocycles. The molecular formula is C58H100O6. The molecule has 0 saturated carbocycles. The molecule has 0 aliphatic heterocycles. The predicted molar refractivity (Wildman–Crippen MR) is 274 cm³/mol.